The molecule has 2 aromatic rings. The van der Waals surface area contributed by atoms with E-state index in [4.69, 9.17) is 11.6 Å². The fraction of sp³-hybridized carbons (Fsp3) is 0.273. The van der Waals surface area contributed by atoms with Crippen LogP contribution in [0.3, 0.4) is 0 Å². The number of hydrogen-bond donors (Lipinski definition) is 0. The van der Waals surface area contributed by atoms with E-state index in [1.165, 1.54) is 6.07 Å². The van der Waals surface area contributed by atoms with Gasteiger partial charge in [0.25, 0.3) is 0 Å². The summed E-state index contributed by atoms with van der Waals surface area (Å²) in [4.78, 5) is 0. The number of nitrogens with zero attached hydrogens (tertiary/aromatic N) is 3. The lowest BCUT2D eigenvalue weighted by Gasteiger charge is -2.06. The van der Waals surface area contributed by atoms with Crippen molar-refractivity contribution in [2.45, 2.75) is 18.9 Å². The van der Waals surface area contributed by atoms with Gasteiger partial charge in [-0.05, 0) is 25.0 Å². The highest BCUT2D eigenvalue weighted by atomic mass is 35.5. The standard InChI is InChI=1S/C11H9ClFN3/c12-9-3-1-2-8(10(9)13)11-15-14-6-16(11)7-4-5-7/h1-3,6-7H,4-5H2. The third-order valence-electron chi connectivity index (χ3n) is 2.71. The van der Waals surface area contributed by atoms with E-state index in [0.717, 1.165) is 12.8 Å². The third kappa shape index (κ3) is 1.50. The lowest BCUT2D eigenvalue weighted by Crippen LogP contribution is -1.98. The van der Waals surface area contributed by atoms with E-state index >= 15 is 0 Å². The molecule has 0 atom stereocenters. The summed E-state index contributed by atoms with van der Waals surface area (Å²) in [7, 11) is 0. The summed E-state index contributed by atoms with van der Waals surface area (Å²) in [5, 5.41) is 7.91. The van der Waals surface area contributed by atoms with Crippen molar-refractivity contribution in [1.82, 2.24) is 14.8 Å². The minimum atomic E-state index is -0.431. The van der Waals surface area contributed by atoms with Crippen LogP contribution in [0, 0.1) is 5.82 Å². The maximum absolute atomic E-state index is 13.8. The smallest absolute Gasteiger partial charge is 0.167 e. The van der Waals surface area contributed by atoms with E-state index in [9.17, 15) is 4.39 Å². The van der Waals surface area contributed by atoms with E-state index < -0.39 is 5.82 Å². The predicted molar refractivity (Wildman–Crippen MR) is 58.7 cm³/mol. The number of hydrogen-bond acceptors (Lipinski definition) is 2. The lowest BCUT2D eigenvalue weighted by molar-refractivity contribution is 0.627. The van der Waals surface area contributed by atoms with E-state index in [0.29, 0.717) is 17.4 Å². The van der Waals surface area contributed by atoms with Crippen LogP contribution < -0.4 is 0 Å². The molecule has 3 nitrogen and oxygen atoms in total. The van der Waals surface area contributed by atoms with Gasteiger partial charge in [0.2, 0.25) is 0 Å². The van der Waals surface area contributed by atoms with Crippen LogP contribution in [0.5, 0.6) is 0 Å². The monoisotopic (exact) mass is 237 g/mol. The Balaban J connectivity index is 2.14. The molecular formula is C11H9ClFN3. The van der Waals surface area contributed by atoms with Crippen LogP contribution in [0.1, 0.15) is 18.9 Å². The summed E-state index contributed by atoms with van der Waals surface area (Å²) in [5.74, 6) is 0.126. The molecule has 0 amide bonds. The molecule has 1 fully saturated rings. The minimum Gasteiger partial charge on any atom is -0.310 e. The highest BCUT2D eigenvalue weighted by Gasteiger charge is 2.27. The molecule has 1 heterocycles. The SMILES string of the molecule is Fc1c(Cl)cccc1-c1nncn1C1CC1. The molecule has 0 spiro atoms. The first kappa shape index (κ1) is 9.78. The van der Waals surface area contributed by atoms with Crippen LogP contribution in [-0.2, 0) is 0 Å². The maximum atomic E-state index is 13.8. The number of halogens is 2. The molecule has 0 bridgehead atoms. The molecule has 0 saturated heterocycles. The van der Waals surface area contributed by atoms with Gasteiger partial charge in [-0.15, -0.1) is 10.2 Å². The minimum absolute atomic E-state index is 0.114. The van der Waals surface area contributed by atoms with Crippen LogP contribution in [0.4, 0.5) is 4.39 Å². The fourth-order valence-corrected chi connectivity index (χ4v) is 1.91. The van der Waals surface area contributed by atoms with Crippen LogP contribution in [0.25, 0.3) is 11.4 Å². The van der Waals surface area contributed by atoms with E-state index in [2.05, 4.69) is 10.2 Å². The van der Waals surface area contributed by atoms with Gasteiger partial charge in [-0.3, -0.25) is 0 Å². The Bertz CT molecular complexity index is 534. The van der Waals surface area contributed by atoms with E-state index in [-0.39, 0.29) is 5.02 Å². The molecule has 82 valence electrons. The fourth-order valence-electron chi connectivity index (χ4n) is 1.73. The summed E-state index contributed by atoms with van der Waals surface area (Å²) in [6.45, 7) is 0. The molecule has 0 aliphatic heterocycles. The van der Waals surface area contributed by atoms with Gasteiger partial charge < -0.3 is 4.57 Å². The average Bonchev–Trinajstić information content (AvgIpc) is 3.01. The molecule has 3 rings (SSSR count). The van der Waals surface area contributed by atoms with Gasteiger partial charge in [0, 0.05) is 6.04 Å². The van der Waals surface area contributed by atoms with Crippen LogP contribution in [0.15, 0.2) is 24.5 Å². The zero-order valence-corrected chi connectivity index (χ0v) is 9.15. The van der Waals surface area contributed by atoms with Crippen molar-refractivity contribution in [2.24, 2.45) is 0 Å². The molecule has 0 N–H and O–H groups in total. The van der Waals surface area contributed by atoms with Crippen molar-refractivity contribution in [3.63, 3.8) is 0 Å². The van der Waals surface area contributed by atoms with Crippen molar-refractivity contribution in [3.8, 4) is 11.4 Å². The van der Waals surface area contributed by atoms with Crippen molar-refractivity contribution in [1.29, 1.82) is 0 Å². The molecule has 1 saturated carbocycles. The van der Waals surface area contributed by atoms with Crippen molar-refractivity contribution >= 4 is 11.6 Å². The Morgan fingerprint density at radius 2 is 2.19 bits per heavy atom. The Labute approximate surface area is 96.9 Å². The second kappa shape index (κ2) is 3.56. The quantitative estimate of drug-likeness (QED) is 0.804. The molecule has 1 aromatic heterocycles. The van der Waals surface area contributed by atoms with Crippen molar-refractivity contribution in [2.75, 3.05) is 0 Å². The summed E-state index contributed by atoms with van der Waals surface area (Å²) in [5.41, 5.74) is 0.414. The molecule has 1 aromatic carbocycles. The predicted octanol–water partition coefficient (Wildman–Crippen LogP) is 3.07. The molecule has 5 heteroatoms. The number of rotatable bonds is 2. The number of aromatic nitrogens is 3. The Morgan fingerprint density at radius 1 is 1.38 bits per heavy atom. The van der Waals surface area contributed by atoms with Gasteiger partial charge in [0.05, 0.1) is 10.6 Å². The molecule has 0 unspecified atom stereocenters. The zero-order chi connectivity index (χ0) is 11.1. The zero-order valence-electron chi connectivity index (χ0n) is 8.40. The normalized spacial score (nSPS) is 15.4. The van der Waals surface area contributed by atoms with Gasteiger partial charge in [-0.25, -0.2) is 4.39 Å². The summed E-state index contributed by atoms with van der Waals surface area (Å²) < 4.78 is 15.7. The molecule has 16 heavy (non-hydrogen) atoms. The van der Waals surface area contributed by atoms with Gasteiger partial charge >= 0.3 is 0 Å². The second-order valence-corrected chi connectivity index (χ2v) is 4.30. The molecule has 0 radical (unpaired) electrons. The van der Waals surface area contributed by atoms with Crippen molar-refractivity contribution in [3.05, 3.63) is 35.4 Å². The molecule has 1 aliphatic rings. The first-order chi connectivity index (χ1) is 7.77. The van der Waals surface area contributed by atoms with Gasteiger partial charge in [0.1, 0.15) is 6.33 Å². The Kier molecular flexibility index (Phi) is 2.17. The third-order valence-corrected chi connectivity index (χ3v) is 3.00. The summed E-state index contributed by atoms with van der Waals surface area (Å²) >= 11 is 5.75. The topological polar surface area (TPSA) is 30.7 Å². The van der Waals surface area contributed by atoms with Crippen LogP contribution >= 0.6 is 11.6 Å². The van der Waals surface area contributed by atoms with Gasteiger partial charge in [0.15, 0.2) is 11.6 Å². The number of benzene rings is 1. The van der Waals surface area contributed by atoms with Crippen LogP contribution in [-0.4, -0.2) is 14.8 Å². The first-order valence-electron chi connectivity index (χ1n) is 5.11. The van der Waals surface area contributed by atoms with E-state index in [1.54, 1.807) is 18.5 Å². The lowest BCUT2D eigenvalue weighted by atomic mass is 10.2. The van der Waals surface area contributed by atoms with Crippen molar-refractivity contribution < 1.29 is 4.39 Å². The summed E-state index contributed by atoms with van der Waals surface area (Å²) in [6.07, 6.45) is 3.85. The second-order valence-electron chi connectivity index (χ2n) is 3.89. The van der Waals surface area contributed by atoms with E-state index in [1.807, 2.05) is 4.57 Å². The molecular weight excluding hydrogens is 229 g/mol. The highest BCUT2D eigenvalue weighted by Crippen LogP contribution is 2.38. The average molecular weight is 238 g/mol. The largest absolute Gasteiger partial charge is 0.310 e. The van der Waals surface area contributed by atoms with Gasteiger partial charge in [-0.2, -0.15) is 0 Å². The maximum Gasteiger partial charge on any atom is 0.167 e. The highest BCUT2D eigenvalue weighted by molar-refractivity contribution is 6.31. The Hall–Kier alpha value is -1.42. The Morgan fingerprint density at radius 3 is 2.94 bits per heavy atom. The first-order valence-corrected chi connectivity index (χ1v) is 5.49. The molecule has 1 aliphatic carbocycles. The van der Waals surface area contributed by atoms with Gasteiger partial charge in [-0.1, -0.05) is 17.7 Å². The van der Waals surface area contributed by atoms with Crippen LogP contribution in [0.2, 0.25) is 5.02 Å². The summed E-state index contributed by atoms with van der Waals surface area (Å²) in [6, 6.07) is 5.33.